The van der Waals surface area contributed by atoms with Crippen molar-refractivity contribution in [3.63, 3.8) is 0 Å². The first-order valence-corrected chi connectivity index (χ1v) is 6.90. The second-order valence-electron chi connectivity index (χ2n) is 3.47. The fourth-order valence-electron chi connectivity index (χ4n) is 0.747. The maximum absolute atomic E-state index is 10.3. The summed E-state index contributed by atoms with van der Waals surface area (Å²) >= 11 is 0. The molecule has 0 fully saturated rings. The molecule has 0 amide bonds. The molecular formula is C6H16ClNO3Si. The second kappa shape index (κ2) is 5.53. The van der Waals surface area contributed by atoms with Crippen LogP contribution >= 0.6 is 12.4 Å². The summed E-state index contributed by atoms with van der Waals surface area (Å²) in [6, 6.07) is -0.387. The van der Waals surface area contributed by atoms with E-state index in [1.165, 1.54) is 0 Å². The lowest BCUT2D eigenvalue weighted by Gasteiger charge is -2.20. The number of rotatable bonds is 4. The van der Waals surface area contributed by atoms with Gasteiger partial charge in [0.05, 0.1) is 8.07 Å². The predicted molar refractivity (Wildman–Crippen MR) is 52.2 cm³/mol. The highest BCUT2D eigenvalue weighted by Crippen LogP contribution is 2.09. The first-order valence-electron chi connectivity index (χ1n) is 3.48. The van der Waals surface area contributed by atoms with Crippen molar-refractivity contribution >= 4 is 26.5 Å². The zero-order valence-electron chi connectivity index (χ0n) is 7.28. The van der Waals surface area contributed by atoms with Gasteiger partial charge in [-0.2, -0.15) is 0 Å². The number of aliphatic hydroxyl groups excluding tert-OH is 1. The number of carboxylic acid groups (broad SMARTS) is 1. The van der Waals surface area contributed by atoms with E-state index in [2.05, 4.69) is 0 Å². The first kappa shape index (κ1) is 14.4. The van der Waals surface area contributed by atoms with Crippen molar-refractivity contribution < 1.29 is 15.0 Å². The van der Waals surface area contributed by atoms with Crippen LogP contribution in [-0.4, -0.2) is 36.5 Å². The molecule has 0 radical (unpaired) electrons. The van der Waals surface area contributed by atoms with Crippen molar-refractivity contribution in [2.24, 2.45) is 5.73 Å². The van der Waals surface area contributed by atoms with E-state index in [0.717, 1.165) is 0 Å². The number of halogens is 1. The third-order valence-electron chi connectivity index (χ3n) is 1.52. The summed E-state index contributed by atoms with van der Waals surface area (Å²) in [5, 5.41) is 17.3. The van der Waals surface area contributed by atoms with Crippen LogP contribution in [-0.2, 0) is 4.79 Å². The van der Waals surface area contributed by atoms with Gasteiger partial charge >= 0.3 is 5.97 Å². The SMILES string of the molecule is C[Si](C)(CO)CC(N)C(=O)O.Cl. The van der Waals surface area contributed by atoms with Crippen molar-refractivity contribution in [2.75, 3.05) is 6.23 Å². The molecule has 0 aliphatic heterocycles. The standard InChI is InChI=1S/C6H15NO3Si.ClH/c1-11(2,4-8)3-5(7)6(9)10;/h5,8H,3-4,7H2,1-2H3,(H,9,10);1H. The molecule has 0 aromatic rings. The monoisotopic (exact) mass is 213 g/mol. The van der Waals surface area contributed by atoms with Gasteiger partial charge in [0.2, 0.25) is 0 Å². The molecule has 0 saturated carbocycles. The van der Waals surface area contributed by atoms with E-state index in [1.54, 1.807) is 0 Å². The minimum Gasteiger partial charge on any atom is -0.480 e. The van der Waals surface area contributed by atoms with E-state index in [-0.39, 0.29) is 18.6 Å². The number of aliphatic hydroxyl groups is 1. The van der Waals surface area contributed by atoms with Crippen LogP contribution in [0.4, 0.5) is 0 Å². The summed E-state index contributed by atoms with van der Waals surface area (Å²) in [5.41, 5.74) is 5.30. The quantitative estimate of drug-likeness (QED) is 0.577. The average molecular weight is 214 g/mol. The van der Waals surface area contributed by atoms with Crippen LogP contribution in [0.15, 0.2) is 0 Å². The van der Waals surface area contributed by atoms with Crippen LogP contribution < -0.4 is 5.73 Å². The van der Waals surface area contributed by atoms with Crippen LogP contribution in [0.1, 0.15) is 0 Å². The van der Waals surface area contributed by atoms with Gasteiger partial charge in [0.15, 0.2) is 0 Å². The average Bonchev–Trinajstić information content (AvgIpc) is 1.87. The molecule has 4 N–H and O–H groups in total. The third-order valence-corrected chi connectivity index (χ3v) is 3.92. The Labute approximate surface area is 79.2 Å². The van der Waals surface area contributed by atoms with Gasteiger partial charge in [0.25, 0.3) is 0 Å². The molecule has 0 aromatic carbocycles. The molecule has 4 nitrogen and oxygen atoms in total. The van der Waals surface area contributed by atoms with Crippen molar-refractivity contribution in [3.05, 3.63) is 0 Å². The molecule has 12 heavy (non-hydrogen) atoms. The van der Waals surface area contributed by atoms with E-state index < -0.39 is 20.1 Å². The molecule has 0 aliphatic rings. The Kier molecular flexibility index (Phi) is 6.64. The van der Waals surface area contributed by atoms with Gasteiger partial charge in [-0.15, -0.1) is 12.4 Å². The Balaban J connectivity index is 0. The predicted octanol–water partition coefficient (Wildman–Crippen LogP) is 0.0600. The Bertz CT molecular complexity index is 154. The van der Waals surface area contributed by atoms with Gasteiger partial charge in [-0.3, -0.25) is 4.79 Å². The maximum Gasteiger partial charge on any atom is 0.320 e. The molecule has 1 atom stereocenters. The van der Waals surface area contributed by atoms with Crippen molar-refractivity contribution in [3.8, 4) is 0 Å². The van der Waals surface area contributed by atoms with E-state index >= 15 is 0 Å². The number of carbonyl (C=O) groups is 1. The lowest BCUT2D eigenvalue weighted by molar-refractivity contribution is -0.138. The molecule has 0 heterocycles. The Morgan fingerprint density at radius 2 is 2.00 bits per heavy atom. The van der Waals surface area contributed by atoms with E-state index in [0.29, 0.717) is 6.04 Å². The Morgan fingerprint density at radius 3 is 2.25 bits per heavy atom. The third kappa shape index (κ3) is 5.53. The molecule has 0 bridgehead atoms. The molecule has 0 aliphatic carbocycles. The highest BCUT2D eigenvalue weighted by Gasteiger charge is 2.26. The number of carboxylic acids is 1. The first-order chi connectivity index (χ1) is 4.89. The van der Waals surface area contributed by atoms with Crippen molar-refractivity contribution in [1.29, 1.82) is 0 Å². The zero-order valence-corrected chi connectivity index (χ0v) is 9.10. The normalized spacial score (nSPS) is 13.3. The largest absolute Gasteiger partial charge is 0.480 e. The van der Waals surface area contributed by atoms with E-state index in [1.807, 2.05) is 13.1 Å². The molecule has 0 rings (SSSR count). The van der Waals surface area contributed by atoms with Gasteiger partial charge in [0.1, 0.15) is 6.04 Å². The molecule has 6 heteroatoms. The summed E-state index contributed by atoms with van der Waals surface area (Å²) in [4.78, 5) is 10.3. The van der Waals surface area contributed by atoms with Crippen molar-refractivity contribution in [1.82, 2.24) is 0 Å². The molecule has 1 unspecified atom stereocenters. The van der Waals surface area contributed by atoms with Gasteiger partial charge in [0, 0.05) is 6.23 Å². The van der Waals surface area contributed by atoms with E-state index in [9.17, 15) is 4.79 Å². The molecule has 74 valence electrons. The number of hydrogen-bond acceptors (Lipinski definition) is 3. The van der Waals surface area contributed by atoms with Crippen LogP contribution in [0.2, 0.25) is 19.1 Å². The molecule has 0 spiro atoms. The smallest absolute Gasteiger partial charge is 0.320 e. The number of aliphatic carboxylic acids is 1. The summed E-state index contributed by atoms with van der Waals surface area (Å²) < 4.78 is 0. The maximum atomic E-state index is 10.3. The minimum absolute atomic E-state index is 0. The summed E-state index contributed by atoms with van der Waals surface area (Å²) in [5.74, 6) is -0.987. The molecule has 0 saturated heterocycles. The highest BCUT2D eigenvalue weighted by atomic mass is 35.5. The zero-order chi connectivity index (χ0) is 9.07. The highest BCUT2D eigenvalue weighted by molar-refractivity contribution is 6.77. The Hall–Kier alpha value is -0.103. The summed E-state index contributed by atoms with van der Waals surface area (Å²) in [6.45, 7) is 3.82. The van der Waals surface area contributed by atoms with E-state index in [4.69, 9.17) is 15.9 Å². The topological polar surface area (TPSA) is 83.5 Å². The van der Waals surface area contributed by atoms with Gasteiger partial charge in [-0.25, -0.2) is 0 Å². The van der Waals surface area contributed by atoms with Gasteiger partial charge in [-0.05, 0) is 6.04 Å². The van der Waals surface area contributed by atoms with Crippen LogP contribution in [0.5, 0.6) is 0 Å². The Morgan fingerprint density at radius 1 is 1.58 bits per heavy atom. The van der Waals surface area contributed by atoms with Gasteiger partial charge < -0.3 is 15.9 Å². The second-order valence-corrected chi connectivity index (χ2v) is 8.52. The molecular weight excluding hydrogens is 198 g/mol. The van der Waals surface area contributed by atoms with Crippen LogP contribution in [0.25, 0.3) is 0 Å². The van der Waals surface area contributed by atoms with Gasteiger partial charge in [-0.1, -0.05) is 13.1 Å². The minimum atomic E-state index is -1.75. The number of nitrogens with two attached hydrogens (primary N) is 1. The fourth-order valence-corrected chi connectivity index (χ4v) is 2.24. The van der Waals surface area contributed by atoms with Crippen molar-refractivity contribution in [2.45, 2.75) is 25.2 Å². The number of hydrogen-bond donors (Lipinski definition) is 3. The fraction of sp³-hybridized carbons (Fsp3) is 0.833. The summed E-state index contributed by atoms with van der Waals surface area (Å²) in [6.07, 6.45) is 0.0913. The lowest BCUT2D eigenvalue weighted by Crippen LogP contribution is -2.42. The summed E-state index contributed by atoms with van der Waals surface area (Å²) in [7, 11) is -1.75. The lowest BCUT2D eigenvalue weighted by atomic mass is 10.4. The molecule has 0 aromatic heterocycles. The van der Waals surface area contributed by atoms with Crippen LogP contribution in [0.3, 0.4) is 0 Å². The van der Waals surface area contributed by atoms with Crippen LogP contribution in [0, 0.1) is 0 Å².